The Balaban J connectivity index is 3.22. The summed E-state index contributed by atoms with van der Waals surface area (Å²) in [5, 5.41) is 0. The van der Waals surface area contributed by atoms with Gasteiger partial charge < -0.3 is 4.74 Å². The minimum absolute atomic E-state index is 0.206. The zero-order valence-corrected chi connectivity index (χ0v) is 9.96. The topological polar surface area (TPSA) is 39.2 Å². The molecule has 1 heterocycles. The van der Waals surface area contributed by atoms with Gasteiger partial charge >= 0.3 is 5.97 Å². The van der Waals surface area contributed by atoms with Crippen LogP contribution in [0.15, 0.2) is 16.7 Å². The molecule has 1 aromatic heterocycles. The van der Waals surface area contributed by atoms with Crippen molar-refractivity contribution in [2.75, 3.05) is 7.11 Å². The van der Waals surface area contributed by atoms with Crippen LogP contribution in [0.3, 0.4) is 0 Å². The summed E-state index contributed by atoms with van der Waals surface area (Å²) < 4.78 is 5.46. The molecule has 0 aromatic carbocycles. The Bertz CT molecular complexity index is 350. The number of carbonyl (C=O) groups is 1. The summed E-state index contributed by atoms with van der Waals surface area (Å²) in [5.41, 5.74) is 1.29. The molecule has 0 fully saturated rings. The molecule has 0 saturated carbocycles. The first-order valence-electron chi connectivity index (χ1n) is 4.30. The lowest BCUT2D eigenvalue weighted by Gasteiger charge is -2.09. The number of hydrogen-bond donors (Lipinski definition) is 0. The highest BCUT2D eigenvalue weighted by Gasteiger charge is 2.15. The molecule has 0 unspecified atom stereocenters. The summed E-state index contributed by atoms with van der Waals surface area (Å²) in [7, 11) is 1.37. The fourth-order valence-electron chi connectivity index (χ4n) is 1.18. The monoisotopic (exact) mass is 257 g/mol. The molecule has 14 heavy (non-hydrogen) atoms. The van der Waals surface area contributed by atoms with Gasteiger partial charge in [0.1, 0.15) is 0 Å². The molecule has 0 radical (unpaired) electrons. The molecule has 0 aliphatic heterocycles. The minimum Gasteiger partial charge on any atom is -0.465 e. The fourth-order valence-corrected chi connectivity index (χ4v) is 1.51. The molecule has 4 heteroatoms. The molecule has 3 nitrogen and oxygen atoms in total. The first-order chi connectivity index (χ1) is 6.56. The van der Waals surface area contributed by atoms with Crippen molar-refractivity contribution in [2.45, 2.75) is 19.8 Å². The molecule has 1 rings (SSSR count). The number of aromatic nitrogens is 1. The fraction of sp³-hybridized carbons (Fsp3) is 0.400. The van der Waals surface area contributed by atoms with Crippen molar-refractivity contribution < 1.29 is 9.53 Å². The van der Waals surface area contributed by atoms with Gasteiger partial charge in [-0.3, -0.25) is 4.98 Å². The van der Waals surface area contributed by atoms with Crippen LogP contribution in [0.1, 0.15) is 35.8 Å². The number of ether oxygens (including phenoxy) is 1. The summed E-state index contributed by atoms with van der Waals surface area (Å²) in [4.78, 5) is 15.6. The van der Waals surface area contributed by atoms with E-state index in [1.807, 2.05) is 13.8 Å². The van der Waals surface area contributed by atoms with E-state index in [9.17, 15) is 4.79 Å². The molecule has 0 N–H and O–H groups in total. The smallest absolute Gasteiger partial charge is 0.339 e. The van der Waals surface area contributed by atoms with Crippen LogP contribution < -0.4 is 0 Å². The highest BCUT2D eigenvalue weighted by atomic mass is 79.9. The second-order valence-corrected chi connectivity index (χ2v) is 4.15. The van der Waals surface area contributed by atoms with E-state index in [4.69, 9.17) is 0 Å². The lowest BCUT2D eigenvalue weighted by Crippen LogP contribution is -2.08. The SMILES string of the molecule is COC(=O)c1cc(Br)cnc1C(C)C. The molecule has 76 valence electrons. The van der Waals surface area contributed by atoms with Crippen molar-refractivity contribution in [1.82, 2.24) is 4.98 Å². The van der Waals surface area contributed by atoms with Crippen LogP contribution >= 0.6 is 15.9 Å². The first kappa shape index (κ1) is 11.2. The average Bonchev–Trinajstić information content (AvgIpc) is 2.16. The van der Waals surface area contributed by atoms with Gasteiger partial charge in [0.2, 0.25) is 0 Å². The maximum absolute atomic E-state index is 11.4. The summed E-state index contributed by atoms with van der Waals surface area (Å²) >= 11 is 3.27. The number of methoxy groups -OCH3 is 1. The number of hydrogen-bond acceptors (Lipinski definition) is 3. The molecule has 0 saturated heterocycles. The van der Waals surface area contributed by atoms with E-state index in [2.05, 4.69) is 25.7 Å². The van der Waals surface area contributed by atoms with Crippen molar-refractivity contribution in [3.8, 4) is 0 Å². The van der Waals surface area contributed by atoms with Crippen molar-refractivity contribution in [3.63, 3.8) is 0 Å². The van der Waals surface area contributed by atoms with Gasteiger partial charge in [-0.25, -0.2) is 4.79 Å². The number of rotatable bonds is 2. The Kier molecular flexibility index (Phi) is 3.63. The van der Waals surface area contributed by atoms with Gasteiger partial charge in [-0.1, -0.05) is 13.8 Å². The Morgan fingerprint density at radius 3 is 2.71 bits per heavy atom. The van der Waals surface area contributed by atoms with Gasteiger partial charge in [0, 0.05) is 10.7 Å². The second kappa shape index (κ2) is 4.55. The Morgan fingerprint density at radius 1 is 1.57 bits per heavy atom. The highest BCUT2D eigenvalue weighted by molar-refractivity contribution is 9.10. The van der Waals surface area contributed by atoms with Gasteiger partial charge in [0.15, 0.2) is 0 Å². The van der Waals surface area contributed by atoms with Crippen LogP contribution in [-0.2, 0) is 4.74 Å². The molecule has 0 aliphatic carbocycles. The maximum atomic E-state index is 11.4. The minimum atomic E-state index is -0.345. The van der Waals surface area contributed by atoms with Gasteiger partial charge in [0.25, 0.3) is 0 Å². The first-order valence-corrected chi connectivity index (χ1v) is 5.09. The molecule has 0 amide bonds. The molecule has 0 bridgehead atoms. The zero-order valence-electron chi connectivity index (χ0n) is 8.37. The predicted molar refractivity (Wildman–Crippen MR) is 57.4 cm³/mol. The van der Waals surface area contributed by atoms with E-state index >= 15 is 0 Å². The third-order valence-electron chi connectivity index (χ3n) is 1.84. The summed E-state index contributed by atoms with van der Waals surface area (Å²) in [6.07, 6.45) is 1.68. The molecule has 0 atom stereocenters. The normalized spacial score (nSPS) is 10.4. The Hall–Kier alpha value is -0.900. The van der Waals surface area contributed by atoms with Gasteiger partial charge in [-0.05, 0) is 27.9 Å². The molecular formula is C10H12BrNO2. The summed E-state index contributed by atoms with van der Waals surface area (Å²) in [6.45, 7) is 3.98. The number of pyridine rings is 1. The van der Waals surface area contributed by atoms with Crippen LogP contribution in [0.2, 0.25) is 0 Å². The van der Waals surface area contributed by atoms with Gasteiger partial charge in [-0.2, -0.15) is 0 Å². The number of carbonyl (C=O) groups excluding carboxylic acids is 1. The Labute approximate surface area is 91.6 Å². The number of halogens is 1. The third kappa shape index (κ3) is 2.32. The molecule has 0 spiro atoms. The summed E-state index contributed by atoms with van der Waals surface area (Å²) in [5.74, 6) is -0.139. The van der Waals surface area contributed by atoms with E-state index in [0.29, 0.717) is 5.56 Å². The predicted octanol–water partition coefficient (Wildman–Crippen LogP) is 2.75. The van der Waals surface area contributed by atoms with Crippen LogP contribution in [0, 0.1) is 0 Å². The zero-order chi connectivity index (χ0) is 10.7. The quantitative estimate of drug-likeness (QED) is 0.765. The van der Waals surface area contributed by atoms with Crippen molar-refractivity contribution in [3.05, 3.63) is 28.0 Å². The van der Waals surface area contributed by atoms with Crippen LogP contribution in [0.4, 0.5) is 0 Å². The average molecular weight is 258 g/mol. The second-order valence-electron chi connectivity index (χ2n) is 3.23. The van der Waals surface area contributed by atoms with Crippen molar-refractivity contribution >= 4 is 21.9 Å². The Morgan fingerprint density at radius 2 is 2.21 bits per heavy atom. The van der Waals surface area contributed by atoms with Crippen LogP contribution in [-0.4, -0.2) is 18.1 Å². The third-order valence-corrected chi connectivity index (χ3v) is 2.27. The highest BCUT2D eigenvalue weighted by Crippen LogP contribution is 2.21. The van der Waals surface area contributed by atoms with Crippen molar-refractivity contribution in [1.29, 1.82) is 0 Å². The lowest BCUT2D eigenvalue weighted by atomic mass is 10.0. The van der Waals surface area contributed by atoms with Crippen LogP contribution in [0.25, 0.3) is 0 Å². The van der Waals surface area contributed by atoms with E-state index in [1.165, 1.54) is 7.11 Å². The maximum Gasteiger partial charge on any atom is 0.339 e. The number of esters is 1. The van der Waals surface area contributed by atoms with Gasteiger partial charge in [-0.15, -0.1) is 0 Å². The van der Waals surface area contributed by atoms with E-state index in [0.717, 1.165) is 10.2 Å². The van der Waals surface area contributed by atoms with E-state index < -0.39 is 0 Å². The molecule has 1 aromatic rings. The largest absolute Gasteiger partial charge is 0.465 e. The molecular weight excluding hydrogens is 246 g/mol. The van der Waals surface area contributed by atoms with E-state index in [1.54, 1.807) is 12.3 Å². The van der Waals surface area contributed by atoms with E-state index in [-0.39, 0.29) is 11.9 Å². The standard InChI is InChI=1S/C10H12BrNO2/c1-6(2)9-8(10(13)14-3)4-7(11)5-12-9/h4-6H,1-3H3. The van der Waals surface area contributed by atoms with Crippen molar-refractivity contribution in [2.24, 2.45) is 0 Å². The van der Waals surface area contributed by atoms with Crippen LogP contribution in [0.5, 0.6) is 0 Å². The molecule has 0 aliphatic rings. The number of nitrogens with zero attached hydrogens (tertiary/aromatic N) is 1. The summed E-state index contributed by atoms with van der Waals surface area (Å²) in [6, 6.07) is 1.73. The van der Waals surface area contributed by atoms with Gasteiger partial charge in [0.05, 0.1) is 18.4 Å². The lowest BCUT2D eigenvalue weighted by molar-refractivity contribution is 0.0598.